The van der Waals surface area contributed by atoms with E-state index in [2.05, 4.69) is 68.1 Å². The van der Waals surface area contributed by atoms with Crippen LogP contribution < -0.4 is 4.90 Å². The molecule has 0 N–H and O–H groups in total. The Morgan fingerprint density at radius 2 is 1.14 bits per heavy atom. The van der Waals surface area contributed by atoms with Crippen molar-refractivity contribution in [3.05, 3.63) is 47.5 Å². The van der Waals surface area contributed by atoms with E-state index in [0.717, 1.165) is 25.7 Å². The molecule has 1 aliphatic rings. The zero-order valence-corrected chi connectivity index (χ0v) is 24.0. The molecule has 36 heavy (non-hydrogen) atoms. The van der Waals surface area contributed by atoms with Gasteiger partial charge in [-0.05, 0) is 67.5 Å². The number of fused-ring (bicyclic) bond motifs is 2. The molecule has 0 spiro atoms. The summed E-state index contributed by atoms with van der Waals surface area (Å²) in [6.07, 6.45) is 20.2. The molecule has 2 aromatic carbocycles. The zero-order chi connectivity index (χ0) is 25.6. The van der Waals surface area contributed by atoms with Gasteiger partial charge in [0.1, 0.15) is 6.04 Å². The van der Waals surface area contributed by atoms with Gasteiger partial charge in [0.2, 0.25) is 0 Å². The van der Waals surface area contributed by atoms with Crippen LogP contribution in [-0.2, 0) is 12.8 Å². The van der Waals surface area contributed by atoms with Crippen molar-refractivity contribution in [2.75, 3.05) is 4.90 Å². The SMILES string of the molecule is CCCCCCCCc1ccc2c(c1)Sc1cc(CCCCCCCC)ccc1N2C(C#N)CCC. The van der Waals surface area contributed by atoms with Crippen LogP contribution in [0.4, 0.5) is 11.4 Å². The summed E-state index contributed by atoms with van der Waals surface area (Å²) in [7, 11) is 0. The Morgan fingerprint density at radius 3 is 1.58 bits per heavy atom. The third-order valence-corrected chi connectivity index (χ3v) is 8.54. The van der Waals surface area contributed by atoms with Gasteiger partial charge in [-0.2, -0.15) is 5.26 Å². The van der Waals surface area contributed by atoms with Crippen LogP contribution >= 0.6 is 11.8 Å². The molecule has 0 bridgehead atoms. The van der Waals surface area contributed by atoms with Crippen LogP contribution in [0.2, 0.25) is 0 Å². The number of aryl methyl sites for hydroxylation is 2. The van der Waals surface area contributed by atoms with Crippen molar-refractivity contribution < 1.29 is 0 Å². The van der Waals surface area contributed by atoms with Gasteiger partial charge in [-0.3, -0.25) is 0 Å². The lowest BCUT2D eigenvalue weighted by molar-refractivity contribution is 0.607. The van der Waals surface area contributed by atoms with Crippen LogP contribution in [-0.4, -0.2) is 6.04 Å². The molecule has 0 amide bonds. The summed E-state index contributed by atoms with van der Waals surface area (Å²) >= 11 is 1.91. The van der Waals surface area contributed by atoms with Crippen LogP contribution in [0, 0.1) is 11.3 Å². The molecular formula is C33H48N2S. The minimum absolute atomic E-state index is 0.123. The lowest BCUT2D eigenvalue weighted by Gasteiger charge is -2.36. The normalized spacial score (nSPS) is 13.2. The first-order chi connectivity index (χ1) is 17.7. The van der Waals surface area contributed by atoms with Gasteiger partial charge in [0.15, 0.2) is 0 Å². The molecule has 2 aromatic rings. The molecule has 0 saturated carbocycles. The van der Waals surface area contributed by atoms with E-state index in [0.29, 0.717) is 0 Å². The van der Waals surface area contributed by atoms with Gasteiger partial charge in [-0.25, -0.2) is 0 Å². The Morgan fingerprint density at radius 1 is 0.667 bits per heavy atom. The summed E-state index contributed by atoms with van der Waals surface area (Å²) in [5.74, 6) is 0. The molecule has 3 heteroatoms. The topological polar surface area (TPSA) is 27.0 Å². The molecule has 0 radical (unpaired) electrons. The molecule has 1 heterocycles. The number of benzene rings is 2. The number of hydrogen-bond donors (Lipinski definition) is 0. The second-order valence-corrected chi connectivity index (χ2v) is 11.6. The minimum Gasteiger partial charge on any atom is -0.323 e. The van der Waals surface area contributed by atoms with Gasteiger partial charge in [0.25, 0.3) is 0 Å². The fraction of sp³-hybridized carbons (Fsp3) is 0.606. The number of anilines is 2. The summed E-state index contributed by atoms with van der Waals surface area (Å²) in [6, 6.07) is 16.5. The van der Waals surface area contributed by atoms with E-state index >= 15 is 0 Å². The average molecular weight is 505 g/mol. The first-order valence-electron chi connectivity index (χ1n) is 14.8. The second-order valence-electron chi connectivity index (χ2n) is 10.5. The third-order valence-electron chi connectivity index (χ3n) is 7.45. The lowest BCUT2D eigenvalue weighted by Crippen LogP contribution is -2.32. The second kappa shape index (κ2) is 16.0. The first kappa shape index (κ1) is 28.6. The van der Waals surface area contributed by atoms with Crippen LogP contribution in [0.5, 0.6) is 0 Å². The number of hydrogen-bond acceptors (Lipinski definition) is 3. The van der Waals surface area contributed by atoms with Crippen molar-refractivity contribution in [3.8, 4) is 6.07 Å². The van der Waals surface area contributed by atoms with Crippen molar-refractivity contribution in [1.29, 1.82) is 5.26 Å². The highest BCUT2D eigenvalue weighted by Gasteiger charge is 2.29. The van der Waals surface area contributed by atoms with Crippen molar-refractivity contribution in [2.45, 2.75) is 139 Å². The lowest BCUT2D eigenvalue weighted by atomic mass is 10.0. The number of nitriles is 1. The van der Waals surface area contributed by atoms with Gasteiger partial charge >= 0.3 is 0 Å². The summed E-state index contributed by atoms with van der Waals surface area (Å²) < 4.78 is 0. The van der Waals surface area contributed by atoms with E-state index in [4.69, 9.17) is 0 Å². The summed E-state index contributed by atoms with van der Waals surface area (Å²) in [5.41, 5.74) is 5.30. The van der Waals surface area contributed by atoms with Crippen LogP contribution in [0.15, 0.2) is 46.2 Å². The van der Waals surface area contributed by atoms with E-state index in [-0.39, 0.29) is 6.04 Å². The molecule has 1 unspecified atom stereocenters. The van der Waals surface area contributed by atoms with Gasteiger partial charge in [-0.15, -0.1) is 0 Å². The van der Waals surface area contributed by atoms with Crippen molar-refractivity contribution >= 4 is 23.1 Å². The molecule has 0 aromatic heterocycles. The zero-order valence-electron chi connectivity index (χ0n) is 23.2. The number of rotatable bonds is 17. The quantitative estimate of drug-likeness (QED) is 0.200. The van der Waals surface area contributed by atoms with Crippen molar-refractivity contribution in [2.24, 2.45) is 0 Å². The number of nitrogens with zero attached hydrogens (tertiary/aromatic N) is 2. The van der Waals surface area contributed by atoms with Gasteiger partial charge in [-0.1, -0.05) is 115 Å². The standard InChI is InChI=1S/C33H48N2S/c1-4-7-9-11-13-15-18-27-20-22-30-32(24-27)36-33-25-28(19-16-14-12-10-8-5-2)21-23-31(33)35(30)29(26-34)17-6-3/h20-25,29H,4-19H2,1-3H3. The summed E-state index contributed by atoms with van der Waals surface area (Å²) in [6.45, 7) is 6.74. The Bertz CT molecular complexity index is 895. The third kappa shape index (κ3) is 8.31. The summed E-state index contributed by atoms with van der Waals surface area (Å²) in [4.78, 5) is 4.96. The molecule has 3 rings (SSSR count). The van der Waals surface area contributed by atoms with Crippen LogP contribution in [0.3, 0.4) is 0 Å². The molecule has 0 aliphatic carbocycles. The number of unbranched alkanes of at least 4 members (excludes halogenated alkanes) is 10. The van der Waals surface area contributed by atoms with Gasteiger partial charge < -0.3 is 4.90 Å². The largest absolute Gasteiger partial charge is 0.323 e. The Balaban J connectivity index is 1.74. The fourth-order valence-corrected chi connectivity index (χ4v) is 6.52. The minimum atomic E-state index is -0.123. The Labute approximate surface area is 225 Å². The molecule has 196 valence electrons. The van der Waals surface area contributed by atoms with Gasteiger partial charge in [0, 0.05) is 9.79 Å². The van der Waals surface area contributed by atoms with E-state index in [9.17, 15) is 5.26 Å². The van der Waals surface area contributed by atoms with Crippen molar-refractivity contribution in [1.82, 2.24) is 0 Å². The molecule has 2 nitrogen and oxygen atoms in total. The smallest absolute Gasteiger partial charge is 0.121 e. The van der Waals surface area contributed by atoms with Crippen molar-refractivity contribution in [3.63, 3.8) is 0 Å². The molecule has 0 saturated heterocycles. The van der Waals surface area contributed by atoms with E-state index in [1.807, 2.05) is 11.8 Å². The van der Waals surface area contributed by atoms with Crippen LogP contribution in [0.1, 0.15) is 122 Å². The summed E-state index contributed by atoms with van der Waals surface area (Å²) in [5, 5.41) is 10.1. The molecular weight excluding hydrogens is 456 g/mol. The maximum absolute atomic E-state index is 10.1. The molecule has 0 fully saturated rings. The predicted molar refractivity (Wildman–Crippen MR) is 158 cm³/mol. The first-order valence-corrected chi connectivity index (χ1v) is 15.7. The fourth-order valence-electron chi connectivity index (χ4n) is 5.32. The molecule has 1 aliphatic heterocycles. The predicted octanol–water partition coefficient (Wildman–Crippen LogP) is 10.8. The van der Waals surface area contributed by atoms with E-state index in [1.165, 1.54) is 109 Å². The highest BCUT2D eigenvalue weighted by Crippen LogP contribution is 2.50. The van der Waals surface area contributed by atoms with Gasteiger partial charge in [0.05, 0.1) is 17.4 Å². The van der Waals surface area contributed by atoms with E-state index in [1.54, 1.807) is 0 Å². The maximum atomic E-state index is 10.1. The average Bonchev–Trinajstić information content (AvgIpc) is 2.90. The monoisotopic (exact) mass is 504 g/mol. The Hall–Kier alpha value is -1.92. The maximum Gasteiger partial charge on any atom is 0.121 e. The molecule has 1 atom stereocenters. The van der Waals surface area contributed by atoms with E-state index < -0.39 is 0 Å². The van der Waals surface area contributed by atoms with Crippen LogP contribution in [0.25, 0.3) is 0 Å². The highest BCUT2D eigenvalue weighted by atomic mass is 32.2. The Kier molecular flexibility index (Phi) is 12.8. The highest BCUT2D eigenvalue weighted by molar-refractivity contribution is 7.99.